The second kappa shape index (κ2) is 7.78. The Balaban J connectivity index is 1.96. The maximum absolute atomic E-state index is 12.1. The second-order valence-electron chi connectivity index (χ2n) is 5.38. The van der Waals surface area contributed by atoms with E-state index < -0.39 is 0 Å². The maximum atomic E-state index is 12.1. The predicted octanol–water partition coefficient (Wildman–Crippen LogP) is 2.19. The van der Waals surface area contributed by atoms with Crippen LogP contribution in [0, 0.1) is 6.92 Å². The van der Waals surface area contributed by atoms with Crippen LogP contribution in [0.25, 0.3) is 0 Å². The quantitative estimate of drug-likeness (QED) is 0.821. The number of nitrogens with zero attached hydrogens (tertiary/aromatic N) is 2. The number of benzene rings is 1. The van der Waals surface area contributed by atoms with Crippen LogP contribution in [0.5, 0.6) is 5.75 Å². The summed E-state index contributed by atoms with van der Waals surface area (Å²) in [7, 11) is 1.87. The smallest absolute Gasteiger partial charge is 0.224 e. The third-order valence-electron chi connectivity index (χ3n) is 3.55. The molecule has 0 unspecified atom stereocenters. The van der Waals surface area contributed by atoms with Gasteiger partial charge in [-0.15, -0.1) is 0 Å². The Bertz CT molecular complexity index is 680. The first-order valence-corrected chi connectivity index (χ1v) is 7.69. The lowest BCUT2D eigenvalue weighted by atomic mass is 10.1. The Labute approximate surface area is 136 Å². The highest BCUT2D eigenvalue weighted by molar-refractivity contribution is 5.91. The van der Waals surface area contributed by atoms with Gasteiger partial charge in [-0.2, -0.15) is 5.10 Å². The molecule has 6 nitrogen and oxygen atoms in total. The van der Waals surface area contributed by atoms with Crippen molar-refractivity contribution in [3.8, 4) is 5.75 Å². The zero-order valence-electron chi connectivity index (χ0n) is 13.8. The number of hydrogen-bond donors (Lipinski definition) is 2. The van der Waals surface area contributed by atoms with Gasteiger partial charge in [0.05, 0.1) is 18.9 Å². The molecular formula is C17H23N3O3. The van der Waals surface area contributed by atoms with Gasteiger partial charge in [0.15, 0.2) is 0 Å². The summed E-state index contributed by atoms with van der Waals surface area (Å²) in [5, 5.41) is 16.5. The summed E-state index contributed by atoms with van der Waals surface area (Å²) in [4.78, 5) is 12.1. The molecule has 0 aliphatic carbocycles. The van der Waals surface area contributed by atoms with Crippen LogP contribution in [0.4, 0.5) is 5.69 Å². The number of nitrogens with one attached hydrogen (secondary N) is 1. The van der Waals surface area contributed by atoms with E-state index in [4.69, 9.17) is 4.74 Å². The lowest BCUT2D eigenvalue weighted by Gasteiger charge is -2.11. The van der Waals surface area contributed by atoms with E-state index in [9.17, 15) is 9.90 Å². The number of anilines is 1. The summed E-state index contributed by atoms with van der Waals surface area (Å²) < 4.78 is 7.18. The van der Waals surface area contributed by atoms with Crippen LogP contribution in [0.1, 0.15) is 30.2 Å². The Morgan fingerprint density at radius 3 is 2.78 bits per heavy atom. The van der Waals surface area contributed by atoms with Crippen LogP contribution in [0.3, 0.4) is 0 Å². The number of rotatable bonds is 7. The van der Waals surface area contributed by atoms with Gasteiger partial charge < -0.3 is 15.2 Å². The Kier molecular flexibility index (Phi) is 5.76. The second-order valence-corrected chi connectivity index (χ2v) is 5.38. The molecule has 6 heteroatoms. The molecular weight excluding hydrogens is 294 g/mol. The third-order valence-corrected chi connectivity index (χ3v) is 3.55. The Morgan fingerprint density at radius 2 is 2.17 bits per heavy atom. The van der Waals surface area contributed by atoms with Crippen LogP contribution < -0.4 is 10.1 Å². The minimum atomic E-state index is -0.131. The normalized spacial score (nSPS) is 10.6. The average molecular weight is 317 g/mol. The fourth-order valence-electron chi connectivity index (χ4n) is 2.44. The van der Waals surface area contributed by atoms with E-state index in [1.807, 2.05) is 27.1 Å². The molecule has 0 saturated heterocycles. The number of hydrogen-bond acceptors (Lipinski definition) is 4. The van der Waals surface area contributed by atoms with E-state index in [1.54, 1.807) is 22.9 Å². The van der Waals surface area contributed by atoms with E-state index in [2.05, 4.69) is 10.4 Å². The van der Waals surface area contributed by atoms with Gasteiger partial charge in [-0.25, -0.2) is 0 Å². The number of aliphatic hydroxyl groups is 1. The minimum absolute atomic E-state index is 0.0682. The van der Waals surface area contributed by atoms with Crippen molar-refractivity contribution >= 4 is 11.6 Å². The SMILES string of the molecule is CCOc1ccc(NC(=O)CCc2cn(C)nc2C)cc1CO. The number of aryl methyl sites for hydroxylation is 3. The highest BCUT2D eigenvalue weighted by atomic mass is 16.5. The van der Waals surface area contributed by atoms with E-state index in [1.165, 1.54) is 0 Å². The molecule has 0 saturated carbocycles. The maximum Gasteiger partial charge on any atom is 0.224 e. The summed E-state index contributed by atoms with van der Waals surface area (Å²) in [5.74, 6) is 0.570. The van der Waals surface area contributed by atoms with Crippen LogP contribution in [-0.2, 0) is 24.9 Å². The minimum Gasteiger partial charge on any atom is -0.494 e. The molecule has 1 heterocycles. The van der Waals surface area contributed by atoms with E-state index in [0.717, 1.165) is 11.3 Å². The summed E-state index contributed by atoms with van der Waals surface area (Å²) in [5.41, 5.74) is 3.34. The molecule has 2 rings (SSSR count). The van der Waals surface area contributed by atoms with Crippen molar-refractivity contribution in [1.29, 1.82) is 0 Å². The molecule has 0 aliphatic rings. The largest absolute Gasteiger partial charge is 0.494 e. The van der Waals surface area contributed by atoms with E-state index in [-0.39, 0.29) is 12.5 Å². The van der Waals surface area contributed by atoms with Crippen molar-refractivity contribution in [1.82, 2.24) is 9.78 Å². The van der Waals surface area contributed by atoms with Gasteiger partial charge in [0, 0.05) is 30.9 Å². The topological polar surface area (TPSA) is 76.4 Å². The number of amides is 1. The molecule has 0 atom stereocenters. The lowest BCUT2D eigenvalue weighted by molar-refractivity contribution is -0.116. The zero-order chi connectivity index (χ0) is 16.8. The fraction of sp³-hybridized carbons (Fsp3) is 0.412. The molecule has 0 spiro atoms. The molecule has 1 aromatic heterocycles. The molecule has 2 aromatic rings. The highest BCUT2D eigenvalue weighted by Gasteiger charge is 2.09. The van der Waals surface area contributed by atoms with Gasteiger partial charge in [-0.1, -0.05) is 0 Å². The fourth-order valence-corrected chi connectivity index (χ4v) is 2.44. The van der Waals surface area contributed by atoms with Gasteiger partial charge in [-0.3, -0.25) is 9.48 Å². The van der Waals surface area contributed by atoms with Crippen LogP contribution in [-0.4, -0.2) is 27.4 Å². The molecule has 1 aromatic carbocycles. The molecule has 0 fully saturated rings. The molecule has 2 N–H and O–H groups in total. The molecule has 0 aliphatic heterocycles. The summed E-state index contributed by atoms with van der Waals surface area (Å²) >= 11 is 0. The van der Waals surface area contributed by atoms with Crippen molar-refractivity contribution in [2.45, 2.75) is 33.3 Å². The third kappa shape index (κ3) is 4.56. The number of carbonyl (C=O) groups excluding carboxylic acids is 1. The van der Waals surface area contributed by atoms with Gasteiger partial charge in [0.1, 0.15) is 5.75 Å². The van der Waals surface area contributed by atoms with E-state index >= 15 is 0 Å². The number of ether oxygens (including phenoxy) is 1. The van der Waals surface area contributed by atoms with Gasteiger partial charge in [0.2, 0.25) is 5.91 Å². The van der Waals surface area contributed by atoms with Crippen molar-refractivity contribution < 1.29 is 14.6 Å². The van der Waals surface area contributed by atoms with E-state index in [0.29, 0.717) is 36.4 Å². The van der Waals surface area contributed by atoms with Gasteiger partial charge in [0.25, 0.3) is 0 Å². The number of carbonyl (C=O) groups is 1. The molecule has 0 radical (unpaired) electrons. The molecule has 124 valence electrons. The predicted molar refractivity (Wildman–Crippen MR) is 88.4 cm³/mol. The Hall–Kier alpha value is -2.34. The Morgan fingerprint density at radius 1 is 1.39 bits per heavy atom. The summed E-state index contributed by atoms with van der Waals surface area (Å²) in [6.45, 7) is 4.22. The first-order valence-electron chi connectivity index (χ1n) is 7.69. The van der Waals surface area contributed by atoms with Crippen molar-refractivity contribution in [2.24, 2.45) is 7.05 Å². The van der Waals surface area contributed by atoms with Crippen molar-refractivity contribution in [3.05, 3.63) is 41.2 Å². The highest BCUT2D eigenvalue weighted by Crippen LogP contribution is 2.23. The molecule has 1 amide bonds. The molecule has 0 bridgehead atoms. The van der Waals surface area contributed by atoms with Crippen molar-refractivity contribution in [2.75, 3.05) is 11.9 Å². The summed E-state index contributed by atoms with van der Waals surface area (Å²) in [6.07, 6.45) is 2.97. The first kappa shape index (κ1) is 17.0. The lowest BCUT2D eigenvalue weighted by Crippen LogP contribution is -2.13. The molecule has 23 heavy (non-hydrogen) atoms. The van der Waals surface area contributed by atoms with Gasteiger partial charge >= 0.3 is 0 Å². The zero-order valence-corrected chi connectivity index (χ0v) is 13.8. The number of aromatic nitrogens is 2. The number of aliphatic hydroxyl groups excluding tert-OH is 1. The van der Waals surface area contributed by atoms with Crippen molar-refractivity contribution in [3.63, 3.8) is 0 Å². The standard InChI is InChI=1S/C17H23N3O3/c1-4-23-16-7-6-15(9-14(16)11-21)18-17(22)8-5-13-10-20(3)19-12(13)2/h6-7,9-10,21H,4-5,8,11H2,1-3H3,(H,18,22). The van der Waals surface area contributed by atoms with Crippen LogP contribution >= 0.6 is 0 Å². The monoisotopic (exact) mass is 317 g/mol. The van der Waals surface area contributed by atoms with Crippen LogP contribution in [0.15, 0.2) is 24.4 Å². The first-order chi connectivity index (χ1) is 11.0. The van der Waals surface area contributed by atoms with Crippen LogP contribution in [0.2, 0.25) is 0 Å². The van der Waals surface area contributed by atoms with Gasteiger partial charge in [-0.05, 0) is 44.0 Å². The summed E-state index contributed by atoms with van der Waals surface area (Å²) in [6, 6.07) is 5.27. The average Bonchev–Trinajstić information content (AvgIpc) is 2.84.